The highest BCUT2D eigenvalue weighted by Crippen LogP contribution is 2.31. The number of rotatable bonds is 13. The van der Waals surface area contributed by atoms with Crippen LogP contribution in [0.4, 0.5) is 43.4 Å². The second-order valence-corrected chi connectivity index (χ2v) is 8.40. The van der Waals surface area contributed by atoms with E-state index in [1.54, 1.807) is 0 Å². The molecule has 0 fully saturated rings. The molecule has 2 aromatic rings. The first-order valence-corrected chi connectivity index (χ1v) is 11.6. The van der Waals surface area contributed by atoms with Crippen LogP contribution < -0.4 is 16.4 Å². The number of nitrogens with two attached hydrogens (primary N) is 1. The van der Waals surface area contributed by atoms with Crippen LogP contribution in [0.25, 0.3) is 0 Å². The van der Waals surface area contributed by atoms with Gasteiger partial charge in [-0.1, -0.05) is 57.6 Å². The van der Waals surface area contributed by atoms with Crippen LogP contribution in [-0.2, 0) is 17.5 Å². The van der Waals surface area contributed by atoms with Gasteiger partial charge in [-0.25, -0.2) is 13.2 Å². The van der Waals surface area contributed by atoms with Gasteiger partial charge < -0.3 is 16.4 Å². The molecule has 0 aliphatic carbocycles. The molecule has 0 aromatic heterocycles. The molecular weight excluding hydrogens is 472 g/mol. The Labute approximate surface area is 201 Å². The van der Waals surface area contributed by atoms with Gasteiger partial charge in [-0.2, -0.15) is 13.2 Å². The van der Waals surface area contributed by atoms with Crippen LogP contribution >= 0.6 is 0 Å². The number of hydrogen-bond acceptors (Lipinski definition) is 3. The number of benzene rings is 2. The van der Waals surface area contributed by atoms with E-state index in [2.05, 4.69) is 17.6 Å². The Morgan fingerprint density at radius 2 is 1.54 bits per heavy atom. The Morgan fingerprint density at radius 3 is 2.17 bits per heavy atom. The van der Waals surface area contributed by atoms with Crippen molar-refractivity contribution in [3.05, 3.63) is 53.3 Å². The fourth-order valence-electron chi connectivity index (χ4n) is 3.48. The molecule has 0 saturated carbocycles. The summed E-state index contributed by atoms with van der Waals surface area (Å²) in [6.45, 7) is 2.09. The molecule has 10 heteroatoms. The summed E-state index contributed by atoms with van der Waals surface area (Å²) in [6, 6.07) is 6.81. The lowest BCUT2D eigenvalue weighted by Crippen LogP contribution is -2.32. The Bertz CT molecular complexity index is 949. The maximum Gasteiger partial charge on any atom is 0.416 e. The number of anilines is 3. The SMILES string of the molecule is CCCCCCCC[C@@H](F)[C@H](F)C(=O)Nc1ccc(NCc2ccc(C(F)(F)F)cc2)c(F)c1N. The number of halogens is 6. The molecule has 0 unspecified atom stereocenters. The number of amides is 1. The van der Waals surface area contributed by atoms with Crippen molar-refractivity contribution in [3.63, 3.8) is 0 Å². The van der Waals surface area contributed by atoms with E-state index in [-0.39, 0.29) is 24.3 Å². The summed E-state index contributed by atoms with van der Waals surface area (Å²) in [7, 11) is 0. The summed E-state index contributed by atoms with van der Waals surface area (Å²) in [5, 5.41) is 4.83. The topological polar surface area (TPSA) is 67.2 Å². The van der Waals surface area contributed by atoms with Crippen LogP contribution in [0.5, 0.6) is 0 Å². The number of nitrogens with one attached hydrogen (secondary N) is 2. The van der Waals surface area contributed by atoms with E-state index in [0.717, 1.165) is 44.2 Å². The van der Waals surface area contributed by atoms with Crippen molar-refractivity contribution in [3.8, 4) is 0 Å². The predicted octanol–water partition coefficient (Wildman–Crippen LogP) is 7.40. The number of nitrogen functional groups attached to an aromatic ring is 1. The standard InChI is InChI=1S/C25H31F6N3O/c1-2-3-4-5-6-7-8-18(26)21(27)24(35)34-20-14-13-19(22(28)23(20)32)33-15-16-9-11-17(12-10-16)25(29,30)31/h9-14,18,21,33H,2-8,15,32H2,1H3,(H,34,35)/t18-,21+/m1/s1. The van der Waals surface area contributed by atoms with Crippen LogP contribution in [0, 0.1) is 5.82 Å². The van der Waals surface area contributed by atoms with Gasteiger partial charge in [-0.05, 0) is 36.2 Å². The van der Waals surface area contributed by atoms with E-state index in [1.807, 2.05) is 0 Å². The minimum absolute atomic E-state index is 0.00866. The van der Waals surface area contributed by atoms with E-state index in [9.17, 15) is 31.1 Å². The third-order valence-electron chi connectivity index (χ3n) is 5.60. The van der Waals surface area contributed by atoms with Gasteiger partial charge in [0.1, 0.15) is 6.17 Å². The summed E-state index contributed by atoms with van der Waals surface area (Å²) < 4.78 is 80.9. The monoisotopic (exact) mass is 503 g/mol. The molecule has 0 aliphatic heterocycles. The Balaban J connectivity index is 1.90. The molecule has 0 bridgehead atoms. The molecule has 0 saturated heterocycles. The number of alkyl halides is 5. The van der Waals surface area contributed by atoms with E-state index in [1.165, 1.54) is 24.3 Å². The highest BCUT2D eigenvalue weighted by molar-refractivity contribution is 5.97. The fraction of sp³-hybridized carbons (Fsp3) is 0.480. The molecule has 0 radical (unpaired) electrons. The van der Waals surface area contributed by atoms with Crippen molar-refractivity contribution in [2.45, 2.75) is 76.9 Å². The molecule has 4 N–H and O–H groups in total. The maximum atomic E-state index is 14.6. The van der Waals surface area contributed by atoms with Crippen LogP contribution in [0.3, 0.4) is 0 Å². The third-order valence-corrected chi connectivity index (χ3v) is 5.60. The Morgan fingerprint density at radius 1 is 0.943 bits per heavy atom. The molecule has 35 heavy (non-hydrogen) atoms. The number of carbonyl (C=O) groups excluding carboxylic acids is 1. The molecular formula is C25H31F6N3O. The van der Waals surface area contributed by atoms with Crippen molar-refractivity contribution in [1.29, 1.82) is 0 Å². The summed E-state index contributed by atoms with van der Waals surface area (Å²) in [5.74, 6) is -2.19. The molecule has 0 aliphatic rings. The van der Waals surface area contributed by atoms with Crippen LogP contribution in [0.15, 0.2) is 36.4 Å². The Kier molecular flexibility index (Phi) is 10.7. The zero-order valence-corrected chi connectivity index (χ0v) is 19.5. The lowest BCUT2D eigenvalue weighted by Gasteiger charge is -2.16. The summed E-state index contributed by atoms with van der Waals surface area (Å²) >= 11 is 0. The third kappa shape index (κ3) is 8.67. The van der Waals surface area contributed by atoms with Gasteiger partial charge in [0.05, 0.1) is 22.6 Å². The maximum absolute atomic E-state index is 14.6. The van der Waals surface area contributed by atoms with E-state index in [4.69, 9.17) is 5.73 Å². The zero-order valence-electron chi connectivity index (χ0n) is 19.5. The number of carbonyl (C=O) groups is 1. The van der Waals surface area contributed by atoms with Crippen molar-refractivity contribution in [1.82, 2.24) is 0 Å². The van der Waals surface area contributed by atoms with Gasteiger partial charge in [0.2, 0.25) is 6.17 Å². The first kappa shape index (κ1) is 28.3. The smallest absolute Gasteiger partial charge is 0.395 e. The normalized spacial score (nSPS) is 13.3. The summed E-state index contributed by atoms with van der Waals surface area (Å²) in [6.07, 6.45) is -3.57. The first-order valence-electron chi connectivity index (χ1n) is 11.6. The lowest BCUT2D eigenvalue weighted by atomic mass is 10.0. The van der Waals surface area contributed by atoms with E-state index in [0.29, 0.717) is 12.0 Å². The average molecular weight is 504 g/mol. The van der Waals surface area contributed by atoms with E-state index < -0.39 is 41.5 Å². The quantitative estimate of drug-likeness (QED) is 0.152. The predicted molar refractivity (Wildman–Crippen MR) is 126 cm³/mol. The molecule has 2 rings (SSSR count). The van der Waals surface area contributed by atoms with Gasteiger partial charge in [0, 0.05) is 6.54 Å². The molecule has 194 valence electrons. The van der Waals surface area contributed by atoms with Gasteiger partial charge >= 0.3 is 6.18 Å². The highest BCUT2D eigenvalue weighted by Gasteiger charge is 2.30. The average Bonchev–Trinajstić information content (AvgIpc) is 2.82. The second kappa shape index (κ2) is 13.3. The highest BCUT2D eigenvalue weighted by atomic mass is 19.4. The largest absolute Gasteiger partial charge is 0.416 e. The molecule has 0 heterocycles. The lowest BCUT2D eigenvalue weighted by molar-refractivity contribution is -0.137. The van der Waals surface area contributed by atoms with Gasteiger partial charge in [0.15, 0.2) is 5.82 Å². The molecule has 2 atom stereocenters. The molecule has 2 aromatic carbocycles. The van der Waals surface area contributed by atoms with Crippen molar-refractivity contribution in [2.75, 3.05) is 16.4 Å². The number of hydrogen-bond donors (Lipinski definition) is 3. The van der Waals surface area contributed by atoms with Crippen molar-refractivity contribution < 1.29 is 31.1 Å². The van der Waals surface area contributed by atoms with Gasteiger partial charge in [-0.3, -0.25) is 4.79 Å². The fourth-order valence-corrected chi connectivity index (χ4v) is 3.48. The molecule has 4 nitrogen and oxygen atoms in total. The van der Waals surface area contributed by atoms with Crippen LogP contribution in [-0.4, -0.2) is 18.3 Å². The van der Waals surface area contributed by atoms with Gasteiger partial charge in [0.25, 0.3) is 5.91 Å². The minimum Gasteiger partial charge on any atom is -0.395 e. The summed E-state index contributed by atoms with van der Waals surface area (Å²) in [5.41, 5.74) is 4.63. The minimum atomic E-state index is -4.46. The molecule has 1 amide bonds. The van der Waals surface area contributed by atoms with E-state index >= 15 is 0 Å². The second-order valence-electron chi connectivity index (χ2n) is 8.40. The number of unbranched alkanes of at least 4 members (excludes halogenated alkanes) is 5. The zero-order chi connectivity index (χ0) is 26.0. The Hall–Kier alpha value is -2.91. The first-order chi connectivity index (χ1) is 16.5. The summed E-state index contributed by atoms with van der Waals surface area (Å²) in [4.78, 5) is 12.1. The van der Waals surface area contributed by atoms with Crippen LogP contribution in [0.1, 0.15) is 63.0 Å². The molecule has 0 spiro atoms. The van der Waals surface area contributed by atoms with Crippen molar-refractivity contribution in [2.24, 2.45) is 0 Å². The van der Waals surface area contributed by atoms with Crippen LogP contribution in [0.2, 0.25) is 0 Å². The van der Waals surface area contributed by atoms with Gasteiger partial charge in [-0.15, -0.1) is 0 Å². The van der Waals surface area contributed by atoms with Crippen molar-refractivity contribution >= 4 is 23.0 Å².